The molecular weight excluding hydrogens is 289 g/mol. The zero-order valence-corrected chi connectivity index (χ0v) is 11.4. The van der Waals surface area contributed by atoms with Crippen LogP contribution in [0.1, 0.15) is 10.5 Å². The first-order chi connectivity index (χ1) is 9.10. The van der Waals surface area contributed by atoms with Crippen LogP contribution in [-0.2, 0) is 4.74 Å². The molecule has 2 aromatic rings. The molecule has 0 spiro atoms. The first-order valence-corrected chi connectivity index (χ1v) is 6.04. The molecule has 0 radical (unpaired) electrons. The van der Waals surface area contributed by atoms with Gasteiger partial charge in [0.05, 0.1) is 12.1 Å². The zero-order valence-electron chi connectivity index (χ0n) is 9.89. The minimum atomic E-state index is -0.535. The fraction of sp³-hybridized carbons (Fsp3) is 0.0769. The third kappa shape index (κ3) is 3.36. The van der Waals surface area contributed by atoms with Crippen LogP contribution >= 0.6 is 23.2 Å². The Labute approximate surface area is 119 Å². The highest BCUT2D eigenvalue weighted by atomic mass is 35.5. The number of aromatic nitrogens is 1. The van der Waals surface area contributed by atoms with Crippen LogP contribution in [-0.4, -0.2) is 18.1 Å². The molecule has 2 rings (SSSR count). The van der Waals surface area contributed by atoms with E-state index < -0.39 is 5.97 Å². The van der Waals surface area contributed by atoms with Gasteiger partial charge in [-0.05, 0) is 24.3 Å². The standard InChI is InChI=1S/C13H9Cl2NO3/c1-18-13(17)10-3-2-4-12(16-10)19-11-6-5-8(14)7-9(11)15/h2-7H,1H3. The second kappa shape index (κ2) is 5.91. The summed E-state index contributed by atoms with van der Waals surface area (Å²) >= 11 is 11.8. The van der Waals surface area contributed by atoms with E-state index in [-0.39, 0.29) is 11.6 Å². The number of esters is 1. The van der Waals surface area contributed by atoms with E-state index in [0.717, 1.165) is 0 Å². The van der Waals surface area contributed by atoms with Gasteiger partial charge in [-0.15, -0.1) is 0 Å². The Morgan fingerprint density at radius 2 is 2.00 bits per heavy atom. The summed E-state index contributed by atoms with van der Waals surface area (Å²) < 4.78 is 10.1. The molecule has 0 amide bonds. The molecule has 0 aliphatic rings. The molecule has 0 fully saturated rings. The minimum Gasteiger partial charge on any atom is -0.464 e. The van der Waals surface area contributed by atoms with Gasteiger partial charge in [-0.2, -0.15) is 0 Å². The van der Waals surface area contributed by atoms with E-state index in [1.807, 2.05) is 0 Å². The Balaban J connectivity index is 2.26. The summed E-state index contributed by atoms with van der Waals surface area (Å²) in [5, 5.41) is 0.867. The molecule has 1 aromatic heterocycles. The molecular formula is C13H9Cl2NO3. The average Bonchev–Trinajstić information content (AvgIpc) is 2.41. The lowest BCUT2D eigenvalue weighted by atomic mass is 10.3. The van der Waals surface area contributed by atoms with Crippen molar-refractivity contribution >= 4 is 29.2 Å². The topological polar surface area (TPSA) is 48.4 Å². The van der Waals surface area contributed by atoms with Crippen molar-refractivity contribution in [3.05, 3.63) is 52.1 Å². The lowest BCUT2D eigenvalue weighted by molar-refractivity contribution is 0.0593. The number of hydrogen-bond acceptors (Lipinski definition) is 4. The molecule has 0 saturated heterocycles. The first-order valence-electron chi connectivity index (χ1n) is 5.28. The van der Waals surface area contributed by atoms with Crippen LogP contribution in [0.5, 0.6) is 11.6 Å². The largest absolute Gasteiger partial charge is 0.464 e. The number of carbonyl (C=O) groups is 1. The summed E-state index contributed by atoms with van der Waals surface area (Å²) in [6.07, 6.45) is 0. The molecule has 0 aliphatic carbocycles. The molecule has 0 saturated carbocycles. The van der Waals surface area contributed by atoms with Gasteiger partial charge in [0, 0.05) is 11.1 Å². The summed E-state index contributed by atoms with van der Waals surface area (Å²) in [6.45, 7) is 0. The Kier molecular flexibility index (Phi) is 4.24. The molecule has 19 heavy (non-hydrogen) atoms. The molecule has 6 heteroatoms. The monoisotopic (exact) mass is 297 g/mol. The van der Waals surface area contributed by atoms with Crippen LogP contribution in [0.4, 0.5) is 0 Å². The number of benzene rings is 1. The summed E-state index contributed by atoms with van der Waals surface area (Å²) in [6, 6.07) is 9.60. The second-order valence-corrected chi connectivity index (χ2v) is 4.37. The SMILES string of the molecule is COC(=O)c1cccc(Oc2ccc(Cl)cc2Cl)n1. The van der Waals surface area contributed by atoms with E-state index in [1.54, 1.807) is 30.3 Å². The number of halogens is 2. The van der Waals surface area contributed by atoms with Crippen LogP contribution < -0.4 is 4.74 Å². The van der Waals surface area contributed by atoms with Crippen LogP contribution in [0.3, 0.4) is 0 Å². The Hall–Kier alpha value is -1.78. The van der Waals surface area contributed by atoms with Crippen molar-refractivity contribution in [1.29, 1.82) is 0 Å². The number of pyridine rings is 1. The molecule has 0 unspecified atom stereocenters. The van der Waals surface area contributed by atoms with Gasteiger partial charge < -0.3 is 9.47 Å². The Morgan fingerprint density at radius 1 is 1.21 bits per heavy atom. The predicted octanol–water partition coefficient (Wildman–Crippen LogP) is 3.97. The van der Waals surface area contributed by atoms with Gasteiger partial charge in [0.1, 0.15) is 5.75 Å². The maximum Gasteiger partial charge on any atom is 0.356 e. The predicted molar refractivity (Wildman–Crippen MR) is 72.1 cm³/mol. The summed E-state index contributed by atoms with van der Waals surface area (Å²) in [5.41, 5.74) is 0.157. The van der Waals surface area contributed by atoms with Gasteiger partial charge in [0.2, 0.25) is 5.88 Å². The van der Waals surface area contributed by atoms with Gasteiger partial charge >= 0.3 is 5.97 Å². The number of methoxy groups -OCH3 is 1. The van der Waals surface area contributed by atoms with Crippen LogP contribution in [0.2, 0.25) is 10.0 Å². The molecule has 1 aromatic carbocycles. The fourth-order valence-electron chi connectivity index (χ4n) is 1.36. The second-order valence-electron chi connectivity index (χ2n) is 3.53. The number of nitrogens with zero attached hydrogens (tertiary/aromatic N) is 1. The lowest BCUT2D eigenvalue weighted by Crippen LogP contribution is -2.04. The summed E-state index contributed by atoms with van der Waals surface area (Å²) in [5.74, 6) is 0.111. The smallest absolute Gasteiger partial charge is 0.356 e. The van der Waals surface area contributed by atoms with Gasteiger partial charge in [-0.3, -0.25) is 0 Å². The lowest BCUT2D eigenvalue weighted by Gasteiger charge is -2.07. The Morgan fingerprint density at radius 3 is 2.68 bits per heavy atom. The maximum absolute atomic E-state index is 11.3. The molecule has 0 aliphatic heterocycles. The van der Waals surface area contributed by atoms with Crippen molar-refractivity contribution in [1.82, 2.24) is 4.98 Å². The van der Waals surface area contributed by atoms with Crippen molar-refractivity contribution in [2.45, 2.75) is 0 Å². The van der Waals surface area contributed by atoms with E-state index in [1.165, 1.54) is 13.2 Å². The van der Waals surface area contributed by atoms with Gasteiger partial charge in [0.25, 0.3) is 0 Å². The van der Waals surface area contributed by atoms with Gasteiger partial charge in [-0.1, -0.05) is 29.3 Å². The zero-order chi connectivity index (χ0) is 13.8. The quantitative estimate of drug-likeness (QED) is 0.804. The third-order valence-electron chi connectivity index (χ3n) is 2.23. The Bertz CT molecular complexity index is 617. The van der Waals surface area contributed by atoms with Crippen molar-refractivity contribution in [3.8, 4) is 11.6 Å². The summed E-state index contributed by atoms with van der Waals surface area (Å²) in [7, 11) is 1.29. The molecule has 98 valence electrons. The average molecular weight is 298 g/mol. The highest BCUT2D eigenvalue weighted by Crippen LogP contribution is 2.30. The van der Waals surface area contributed by atoms with Crippen molar-refractivity contribution in [2.75, 3.05) is 7.11 Å². The molecule has 0 atom stereocenters. The van der Waals surface area contributed by atoms with E-state index in [9.17, 15) is 4.79 Å². The third-order valence-corrected chi connectivity index (χ3v) is 2.76. The molecule has 4 nitrogen and oxygen atoms in total. The van der Waals surface area contributed by atoms with E-state index in [2.05, 4.69) is 9.72 Å². The van der Waals surface area contributed by atoms with E-state index in [4.69, 9.17) is 27.9 Å². The van der Waals surface area contributed by atoms with Crippen LogP contribution in [0, 0.1) is 0 Å². The fourth-order valence-corrected chi connectivity index (χ4v) is 1.81. The van der Waals surface area contributed by atoms with Crippen molar-refractivity contribution in [3.63, 3.8) is 0 Å². The van der Waals surface area contributed by atoms with Crippen molar-refractivity contribution < 1.29 is 14.3 Å². The molecule has 0 N–H and O–H groups in total. The van der Waals surface area contributed by atoms with Gasteiger partial charge in [0.15, 0.2) is 5.69 Å². The number of rotatable bonds is 3. The van der Waals surface area contributed by atoms with E-state index in [0.29, 0.717) is 15.8 Å². The normalized spacial score (nSPS) is 10.1. The maximum atomic E-state index is 11.3. The minimum absolute atomic E-state index is 0.157. The van der Waals surface area contributed by atoms with Crippen LogP contribution in [0.25, 0.3) is 0 Å². The highest BCUT2D eigenvalue weighted by molar-refractivity contribution is 6.35. The number of ether oxygens (including phenoxy) is 2. The summed E-state index contributed by atoms with van der Waals surface area (Å²) in [4.78, 5) is 15.4. The number of hydrogen-bond donors (Lipinski definition) is 0. The first kappa shape index (κ1) is 13.6. The van der Waals surface area contributed by atoms with Crippen LogP contribution in [0.15, 0.2) is 36.4 Å². The highest BCUT2D eigenvalue weighted by Gasteiger charge is 2.10. The van der Waals surface area contributed by atoms with Crippen molar-refractivity contribution in [2.24, 2.45) is 0 Å². The molecule has 1 heterocycles. The van der Waals surface area contributed by atoms with Gasteiger partial charge in [-0.25, -0.2) is 9.78 Å². The molecule has 0 bridgehead atoms. The number of carbonyl (C=O) groups excluding carboxylic acids is 1. The van der Waals surface area contributed by atoms with E-state index >= 15 is 0 Å².